The van der Waals surface area contributed by atoms with Crippen molar-refractivity contribution in [3.05, 3.63) is 65.2 Å². The maximum atomic E-state index is 13.0. The number of benzene rings is 2. The number of nitrogens with one attached hydrogen (secondary N) is 2. The molecule has 3 atom stereocenters. The molecule has 2 N–H and O–H groups in total. The first-order chi connectivity index (χ1) is 16.0. The van der Waals surface area contributed by atoms with Crippen LogP contribution in [-0.2, 0) is 9.53 Å². The van der Waals surface area contributed by atoms with E-state index in [0.717, 1.165) is 29.7 Å². The maximum absolute atomic E-state index is 13.0. The number of esters is 1. The molecule has 0 saturated heterocycles. The molecule has 1 aliphatic heterocycles. The van der Waals surface area contributed by atoms with Crippen molar-refractivity contribution in [2.24, 2.45) is 5.92 Å². The Bertz CT molecular complexity index is 1060. The molecule has 7 heteroatoms. The molecule has 1 amide bonds. The summed E-state index contributed by atoms with van der Waals surface area (Å²) >= 11 is 0. The van der Waals surface area contributed by atoms with Crippen LogP contribution in [0.15, 0.2) is 48.6 Å². The molecule has 2 aromatic rings. The third kappa shape index (κ3) is 4.73. The molecule has 0 radical (unpaired) electrons. The van der Waals surface area contributed by atoms with Crippen molar-refractivity contribution in [1.82, 2.24) is 5.32 Å². The third-order valence-corrected chi connectivity index (χ3v) is 6.25. The SMILES string of the molecule is COCCCNC(=O)c1cccc2c1NC(c1ccc(OC(C)=O)c(OC)c1)C1CC=CC21. The molecule has 7 nitrogen and oxygen atoms in total. The van der Waals surface area contributed by atoms with Crippen LogP contribution in [0.3, 0.4) is 0 Å². The van der Waals surface area contributed by atoms with Crippen molar-refractivity contribution in [3.63, 3.8) is 0 Å². The predicted molar refractivity (Wildman–Crippen MR) is 126 cm³/mol. The summed E-state index contributed by atoms with van der Waals surface area (Å²) in [6.07, 6.45) is 6.14. The first kappa shape index (κ1) is 22.9. The lowest BCUT2D eigenvalue weighted by Gasteiger charge is -2.38. The quantitative estimate of drug-likeness (QED) is 0.271. The van der Waals surface area contributed by atoms with Gasteiger partial charge in [-0.1, -0.05) is 30.4 Å². The molecule has 4 rings (SSSR count). The molecule has 2 aromatic carbocycles. The number of carbonyl (C=O) groups excluding carboxylic acids is 2. The molecule has 0 bridgehead atoms. The number of carbonyl (C=O) groups is 2. The summed E-state index contributed by atoms with van der Waals surface area (Å²) < 4.78 is 15.8. The van der Waals surface area contributed by atoms with Crippen LogP contribution in [0.1, 0.15) is 53.2 Å². The number of fused-ring (bicyclic) bond motifs is 3. The highest BCUT2D eigenvalue weighted by atomic mass is 16.6. The van der Waals surface area contributed by atoms with E-state index in [1.165, 1.54) is 6.92 Å². The molecule has 1 heterocycles. The second-order valence-corrected chi connectivity index (χ2v) is 8.35. The van der Waals surface area contributed by atoms with Crippen LogP contribution < -0.4 is 20.1 Å². The van der Waals surface area contributed by atoms with Gasteiger partial charge < -0.3 is 24.8 Å². The molecule has 174 valence electrons. The number of hydrogen-bond donors (Lipinski definition) is 2. The number of methoxy groups -OCH3 is 2. The van der Waals surface area contributed by atoms with Crippen molar-refractivity contribution >= 4 is 17.6 Å². The first-order valence-corrected chi connectivity index (χ1v) is 11.2. The van der Waals surface area contributed by atoms with E-state index in [1.54, 1.807) is 20.3 Å². The fourth-order valence-corrected chi connectivity index (χ4v) is 4.77. The molecule has 0 saturated carbocycles. The van der Waals surface area contributed by atoms with E-state index in [2.05, 4.69) is 28.9 Å². The maximum Gasteiger partial charge on any atom is 0.308 e. The molecule has 0 aromatic heterocycles. The summed E-state index contributed by atoms with van der Waals surface area (Å²) in [4.78, 5) is 24.4. The van der Waals surface area contributed by atoms with Gasteiger partial charge in [0.15, 0.2) is 11.5 Å². The normalized spacial score (nSPS) is 20.4. The summed E-state index contributed by atoms with van der Waals surface area (Å²) in [7, 11) is 3.21. The van der Waals surface area contributed by atoms with Crippen LogP contribution in [-0.4, -0.2) is 39.2 Å². The van der Waals surface area contributed by atoms with Crippen LogP contribution in [0.4, 0.5) is 5.69 Å². The highest BCUT2D eigenvalue weighted by Gasteiger charge is 2.39. The number of ether oxygens (including phenoxy) is 3. The Labute approximate surface area is 194 Å². The Morgan fingerprint density at radius 2 is 2.00 bits per heavy atom. The summed E-state index contributed by atoms with van der Waals surface area (Å²) in [5, 5.41) is 6.66. The van der Waals surface area contributed by atoms with Gasteiger partial charge in [-0.3, -0.25) is 9.59 Å². The van der Waals surface area contributed by atoms with Crippen LogP contribution in [0.25, 0.3) is 0 Å². The monoisotopic (exact) mass is 450 g/mol. The summed E-state index contributed by atoms with van der Waals surface area (Å²) in [6, 6.07) is 11.5. The fourth-order valence-electron chi connectivity index (χ4n) is 4.77. The van der Waals surface area contributed by atoms with E-state index in [9.17, 15) is 9.59 Å². The third-order valence-electron chi connectivity index (χ3n) is 6.25. The molecule has 0 fully saturated rings. The van der Waals surface area contributed by atoms with Crippen LogP contribution in [0.2, 0.25) is 0 Å². The summed E-state index contributed by atoms with van der Waals surface area (Å²) in [6.45, 7) is 2.53. The van der Waals surface area contributed by atoms with Crippen molar-refractivity contribution < 1.29 is 23.8 Å². The zero-order valence-corrected chi connectivity index (χ0v) is 19.2. The standard InChI is InChI=1S/C26H30N2O5/c1-16(29)33-22-12-11-17(15-23(22)32-3)24-19-8-4-7-18(19)20-9-5-10-21(25(20)28-24)26(30)27-13-6-14-31-2/h4-5,7,9-12,15,18-19,24,28H,6,8,13-14H2,1-3H3,(H,27,30). The molecule has 0 spiro atoms. The number of hydrogen-bond acceptors (Lipinski definition) is 6. The topological polar surface area (TPSA) is 85.9 Å². The summed E-state index contributed by atoms with van der Waals surface area (Å²) in [5.74, 6) is 0.919. The Morgan fingerprint density at radius 1 is 1.15 bits per heavy atom. The molecule has 33 heavy (non-hydrogen) atoms. The first-order valence-electron chi connectivity index (χ1n) is 11.2. The minimum Gasteiger partial charge on any atom is -0.493 e. The van der Waals surface area contributed by atoms with Gasteiger partial charge in [-0.2, -0.15) is 0 Å². The van der Waals surface area contributed by atoms with Crippen molar-refractivity contribution in [2.45, 2.75) is 31.7 Å². The van der Waals surface area contributed by atoms with Gasteiger partial charge >= 0.3 is 5.97 Å². The number of anilines is 1. The van der Waals surface area contributed by atoms with Gasteiger partial charge in [0.05, 0.1) is 24.4 Å². The average Bonchev–Trinajstić information content (AvgIpc) is 3.31. The molecular formula is C26H30N2O5. The van der Waals surface area contributed by atoms with Crippen molar-refractivity contribution in [1.29, 1.82) is 0 Å². The van der Waals surface area contributed by atoms with Crippen molar-refractivity contribution in [2.75, 3.05) is 32.7 Å². The summed E-state index contributed by atoms with van der Waals surface area (Å²) in [5.41, 5.74) is 3.65. The minimum absolute atomic E-state index is 0.0276. The molecule has 1 aliphatic carbocycles. The lowest BCUT2D eigenvalue weighted by atomic mass is 9.76. The van der Waals surface area contributed by atoms with E-state index < -0.39 is 5.97 Å². The largest absolute Gasteiger partial charge is 0.493 e. The number of allylic oxidation sites excluding steroid dienone is 2. The zero-order chi connectivity index (χ0) is 23.4. The highest BCUT2D eigenvalue weighted by molar-refractivity contribution is 6.00. The molecular weight excluding hydrogens is 420 g/mol. The number of amides is 1. The fraction of sp³-hybridized carbons (Fsp3) is 0.385. The average molecular weight is 451 g/mol. The van der Waals surface area contributed by atoms with Crippen LogP contribution >= 0.6 is 0 Å². The minimum atomic E-state index is -0.396. The predicted octanol–water partition coefficient (Wildman–Crippen LogP) is 4.21. The smallest absolute Gasteiger partial charge is 0.308 e. The Hall–Kier alpha value is -3.32. The Balaban J connectivity index is 1.66. The van der Waals surface area contributed by atoms with Gasteiger partial charge in [0, 0.05) is 33.1 Å². The van der Waals surface area contributed by atoms with Gasteiger partial charge in [-0.15, -0.1) is 0 Å². The zero-order valence-electron chi connectivity index (χ0n) is 19.2. The van der Waals surface area contributed by atoms with E-state index in [0.29, 0.717) is 36.1 Å². The number of para-hydroxylation sites is 1. The molecule has 2 aliphatic rings. The van der Waals surface area contributed by atoms with E-state index >= 15 is 0 Å². The molecule has 3 unspecified atom stereocenters. The Morgan fingerprint density at radius 3 is 2.76 bits per heavy atom. The second-order valence-electron chi connectivity index (χ2n) is 8.35. The lowest BCUT2D eigenvalue weighted by Crippen LogP contribution is -2.32. The Kier molecular flexibility index (Phi) is 6.99. The lowest BCUT2D eigenvalue weighted by molar-refractivity contribution is -0.132. The van der Waals surface area contributed by atoms with Crippen LogP contribution in [0, 0.1) is 5.92 Å². The second kappa shape index (κ2) is 10.1. The van der Waals surface area contributed by atoms with Gasteiger partial charge in [0.25, 0.3) is 5.91 Å². The van der Waals surface area contributed by atoms with Crippen LogP contribution in [0.5, 0.6) is 11.5 Å². The van der Waals surface area contributed by atoms with E-state index in [1.807, 2.05) is 24.3 Å². The van der Waals surface area contributed by atoms with Gasteiger partial charge in [-0.25, -0.2) is 0 Å². The van der Waals surface area contributed by atoms with Gasteiger partial charge in [0.2, 0.25) is 0 Å². The van der Waals surface area contributed by atoms with Gasteiger partial charge in [-0.05, 0) is 48.1 Å². The number of rotatable bonds is 8. The van der Waals surface area contributed by atoms with E-state index in [4.69, 9.17) is 14.2 Å². The van der Waals surface area contributed by atoms with Crippen molar-refractivity contribution in [3.8, 4) is 11.5 Å². The van der Waals surface area contributed by atoms with E-state index in [-0.39, 0.29) is 17.9 Å². The van der Waals surface area contributed by atoms with Gasteiger partial charge in [0.1, 0.15) is 0 Å². The highest BCUT2D eigenvalue weighted by Crippen LogP contribution is 2.51.